The molecule has 0 saturated heterocycles. The summed E-state index contributed by atoms with van der Waals surface area (Å²) in [5.41, 5.74) is 5.89. The van der Waals surface area contributed by atoms with E-state index in [4.69, 9.17) is 23.2 Å². The molecule has 0 aliphatic carbocycles. The van der Waals surface area contributed by atoms with Crippen LogP contribution in [0.1, 0.15) is 16.7 Å². The Hall–Kier alpha value is -1.36. The Morgan fingerprint density at radius 2 is 1.62 bits per heavy atom. The van der Waals surface area contributed by atoms with Gasteiger partial charge in [-0.25, -0.2) is 0 Å². The standard InChI is InChI=1S/C15H13Cl2N3S/c1-8-3-9(2)5-10(4-8)7-18-13-11(16)6-12(17)14-15(13)20-21-19-14/h3-6,18H,7H2,1-2H3. The zero-order chi connectivity index (χ0) is 15.0. The maximum absolute atomic E-state index is 6.28. The largest absolute Gasteiger partial charge is 0.378 e. The van der Waals surface area contributed by atoms with Gasteiger partial charge in [0.2, 0.25) is 0 Å². The number of nitrogens with zero attached hydrogens (tertiary/aromatic N) is 2. The number of hydrogen-bond acceptors (Lipinski definition) is 4. The predicted molar refractivity (Wildman–Crippen MR) is 90.7 cm³/mol. The van der Waals surface area contributed by atoms with E-state index >= 15 is 0 Å². The number of aryl methyl sites for hydroxylation is 2. The summed E-state index contributed by atoms with van der Waals surface area (Å²) < 4.78 is 8.49. The zero-order valence-corrected chi connectivity index (χ0v) is 13.9. The van der Waals surface area contributed by atoms with Gasteiger partial charge >= 0.3 is 0 Å². The van der Waals surface area contributed by atoms with Crippen molar-refractivity contribution in [3.63, 3.8) is 0 Å². The minimum Gasteiger partial charge on any atom is -0.378 e. The molecule has 1 N–H and O–H groups in total. The highest BCUT2D eigenvalue weighted by Gasteiger charge is 2.13. The topological polar surface area (TPSA) is 37.8 Å². The van der Waals surface area contributed by atoms with Crippen LogP contribution in [0.3, 0.4) is 0 Å². The number of halogens is 2. The van der Waals surface area contributed by atoms with Gasteiger partial charge in [-0.2, -0.15) is 8.75 Å². The van der Waals surface area contributed by atoms with E-state index in [1.54, 1.807) is 6.07 Å². The van der Waals surface area contributed by atoms with Crippen molar-refractivity contribution >= 4 is 51.7 Å². The molecule has 3 aromatic rings. The van der Waals surface area contributed by atoms with Crippen LogP contribution in [0.15, 0.2) is 24.3 Å². The Bertz CT molecular complexity index is 794. The number of fused-ring (bicyclic) bond motifs is 1. The highest BCUT2D eigenvalue weighted by Crippen LogP contribution is 2.35. The zero-order valence-electron chi connectivity index (χ0n) is 11.6. The summed E-state index contributed by atoms with van der Waals surface area (Å²) in [7, 11) is 0. The molecular formula is C15H13Cl2N3S. The van der Waals surface area contributed by atoms with Gasteiger partial charge in [0.15, 0.2) is 0 Å². The van der Waals surface area contributed by atoms with Gasteiger partial charge in [-0.1, -0.05) is 52.5 Å². The Morgan fingerprint density at radius 1 is 0.952 bits per heavy atom. The van der Waals surface area contributed by atoms with E-state index in [1.165, 1.54) is 16.7 Å². The first-order chi connectivity index (χ1) is 10.0. The number of hydrogen-bond donors (Lipinski definition) is 1. The highest BCUT2D eigenvalue weighted by atomic mass is 35.5. The molecule has 1 aromatic heterocycles. The smallest absolute Gasteiger partial charge is 0.130 e. The van der Waals surface area contributed by atoms with Crippen LogP contribution in [0.2, 0.25) is 10.0 Å². The third kappa shape index (κ3) is 2.98. The Kier molecular flexibility index (Phi) is 4.02. The third-order valence-corrected chi connectivity index (χ3v) is 4.31. The van der Waals surface area contributed by atoms with Crippen LogP contribution < -0.4 is 5.32 Å². The van der Waals surface area contributed by atoms with Gasteiger partial charge < -0.3 is 5.32 Å². The fourth-order valence-corrected chi connectivity index (χ4v) is 3.58. The van der Waals surface area contributed by atoms with Crippen molar-refractivity contribution in [1.82, 2.24) is 8.75 Å². The molecule has 6 heteroatoms. The summed E-state index contributed by atoms with van der Waals surface area (Å²) in [6.45, 7) is 4.86. The number of rotatable bonds is 3. The molecule has 0 bridgehead atoms. The van der Waals surface area contributed by atoms with Crippen LogP contribution in [-0.4, -0.2) is 8.75 Å². The molecule has 21 heavy (non-hydrogen) atoms. The van der Waals surface area contributed by atoms with Crippen molar-refractivity contribution in [1.29, 1.82) is 0 Å². The average Bonchev–Trinajstić information content (AvgIpc) is 2.86. The molecule has 0 saturated carbocycles. The summed E-state index contributed by atoms with van der Waals surface area (Å²) >= 11 is 13.5. The van der Waals surface area contributed by atoms with Crippen LogP contribution in [0.25, 0.3) is 11.0 Å². The van der Waals surface area contributed by atoms with E-state index < -0.39 is 0 Å². The summed E-state index contributed by atoms with van der Waals surface area (Å²) in [5, 5.41) is 4.44. The number of benzene rings is 2. The van der Waals surface area contributed by atoms with Crippen molar-refractivity contribution < 1.29 is 0 Å². The van der Waals surface area contributed by atoms with E-state index in [9.17, 15) is 0 Å². The average molecular weight is 338 g/mol. The molecular weight excluding hydrogens is 325 g/mol. The van der Waals surface area contributed by atoms with E-state index in [-0.39, 0.29) is 0 Å². The van der Waals surface area contributed by atoms with Gasteiger partial charge in [-0.05, 0) is 25.5 Å². The molecule has 0 unspecified atom stereocenters. The van der Waals surface area contributed by atoms with Crippen molar-refractivity contribution in [2.45, 2.75) is 20.4 Å². The third-order valence-electron chi connectivity index (χ3n) is 3.19. The van der Waals surface area contributed by atoms with Gasteiger partial charge in [-0.15, -0.1) is 0 Å². The fourth-order valence-electron chi connectivity index (χ4n) is 2.40. The van der Waals surface area contributed by atoms with Crippen molar-refractivity contribution in [3.05, 3.63) is 51.0 Å². The normalized spacial score (nSPS) is 11.0. The van der Waals surface area contributed by atoms with E-state index in [1.807, 2.05) is 0 Å². The Labute approximate surface area is 137 Å². The molecule has 1 heterocycles. The van der Waals surface area contributed by atoms with Crippen molar-refractivity contribution in [2.24, 2.45) is 0 Å². The molecule has 0 amide bonds. The summed E-state index contributed by atoms with van der Waals surface area (Å²) in [4.78, 5) is 0. The lowest BCUT2D eigenvalue weighted by atomic mass is 10.1. The molecule has 2 aromatic carbocycles. The van der Waals surface area contributed by atoms with Gasteiger partial charge in [0, 0.05) is 6.54 Å². The van der Waals surface area contributed by atoms with Crippen molar-refractivity contribution in [3.8, 4) is 0 Å². The highest BCUT2D eigenvalue weighted by molar-refractivity contribution is 7.00. The van der Waals surface area contributed by atoms with Crippen LogP contribution >= 0.6 is 34.9 Å². The van der Waals surface area contributed by atoms with Crippen molar-refractivity contribution in [2.75, 3.05) is 5.32 Å². The van der Waals surface area contributed by atoms with Crippen LogP contribution in [0, 0.1) is 13.8 Å². The first-order valence-corrected chi connectivity index (χ1v) is 7.94. The van der Waals surface area contributed by atoms with E-state index in [0.29, 0.717) is 22.1 Å². The lowest BCUT2D eigenvalue weighted by molar-refractivity contribution is 1.13. The first kappa shape index (κ1) is 14.6. The van der Waals surface area contributed by atoms with Gasteiger partial charge in [0.1, 0.15) is 11.0 Å². The van der Waals surface area contributed by atoms with Gasteiger partial charge in [0.25, 0.3) is 0 Å². The monoisotopic (exact) mass is 337 g/mol. The quantitative estimate of drug-likeness (QED) is 0.711. The van der Waals surface area contributed by atoms with E-state index in [0.717, 1.165) is 22.9 Å². The maximum Gasteiger partial charge on any atom is 0.130 e. The van der Waals surface area contributed by atoms with Gasteiger partial charge in [0.05, 0.1) is 27.5 Å². The number of anilines is 1. The molecule has 0 radical (unpaired) electrons. The molecule has 3 rings (SSSR count). The van der Waals surface area contributed by atoms with Crippen LogP contribution in [0.5, 0.6) is 0 Å². The lowest BCUT2D eigenvalue weighted by Crippen LogP contribution is -2.01. The van der Waals surface area contributed by atoms with Crippen LogP contribution in [0.4, 0.5) is 5.69 Å². The second kappa shape index (κ2) is 5.79. The molecule has 0 aliphatic heterocycles. The summed E-state index contributed by atoms with van der Waals surface area (Å²) in [6, 6.07) is 8.17. The molecule has 108 valence electrons. The van der Waals surface area contributed by atoms with Gasteiger partial charge in [-0.3, -0.25) is 0 Å². The summed E-state index contributed by atoms with van der Waals surface area (Å²) in [6.07, 6.45) is 0. The van der Waals surface area contributed by atoms with E-state index in [2.05, 4.69) is 46.1 Å². The maximum atomic E-state index is 6.28. The molecule has 0 atom stereocenters. The first-order valence-electron chi connectivity index (χ1n) is 6.46. The number of nitrogens with one attached hydrogen (secondary N) is 1. The fraction of sp³-hybridized carbons (Fsp3) is 0.200. The number of aromatic nitrogens is 2. The second-order valence-electron chi connectivity index (χ2n) is 5.03. The lowest BCUT2D eigenvalue weighted by Gasteiger charge is -2.11. The minimum atomic E-state index is 0.528. The molecule has 0 spiro atoms. The molecule has 3 nitrogen and oxygen atoms in total. The summed E-state index contributed by atoms with van der Waals surface area (Å²) in [5.74, 6) is 0. The van der Waals surface area contributed by atoms with Crippen LogP contribution in [-0.2, 0) is 6.54 Å². The molecule has 0 fully saturated rings. The second-order valence-corrected chi connectivity index (χ2v) is 6.37. The molecule has 0 aliphatic rings. The SMILES string of the molecule is Cc1cc(C)cc(CNc2c(Cl)cc(Cl)c3nsnc23)c1. The Morgan fingerprint density at radius 3 is 2.33 bits per heavy atom. The predicted octanol–water partition coefficient (Wildman–Crippen LogP) is 5.23. The minimum absolute atomic E-state index is 0.528. The Balaban J connectivity index is 1.93.